The molecule has 1 N–H and O–H groups in total. The first-order valence-electron chi connectivity index (χ1n) is 7.78. The molecule has 0 aliphatic carbocycles. The van der Waals surface area contributed by atoms with E-state index < -0.39 is 28.6 Å². The van der Waals surface area contributed by atoms with Crippen molar-refractivity contribution in [2.45, 2.75) is 70.8 Å². The Labute approximate surface area is 157 Å². The summed E-state index contributed by atoms with van der Waals surface area (Å²) in [6.45, 7) is 5.40. The van der Waals surface area contributed by atoms with Crippen molar-refractivity contribution in [3.8, 4) is 0 Å². The number of aliphatic hydroxyl groups excluding tert-OH is 1. The van der Waals surface area contributed by atoms with Gasteiger partial charge in [0.15, 0.2) is 0 Å². The fourth-order valence-electron chi connectivity index (χ4n) is 2.10. The van der Waals surface area contributed by atoms with E-state index in [9.17, 15) is 13.0 Å². The van der Waals surface area contributed by atoms with Crippen LogP contribution < -0.4 is 29.6 Å². The van der Waals surface area contributed by atoms with E-state index in [1.807, 2.05) is 0 Å². The Hall–Kier alpha value is 0.410. The summed E-state index contributed by atoms with van der Waals surface area (Å²) < 4.78 is 37.1. The summed E-state index contributed by atoms with van der Waals surface area (Å²) in [5.41, 5.74) is 0. The maximum Gasteiger partial charge on any atom is 1.00 e. The van der Waals surface area contributed by atoms with E-state index in [4.69, 9.17) is 9.84 Å². The van der Waals surface area contributed by atoms with E-state index in [2.05, 4.69) is 13.5 Å². The Morgan fingerprint density at radius 1 is 1.14 bits per heavy atom. The molecule has 5 nitrogen and oxygen atoms in total. The number of ether oxygens (including phenoxy) is 1. The Morgan fingerprint density at radius 3 is 2.09 bits per heavy atom. The SMILES string of the molecule is C=C(CCCCCCCCCC)OC(CO)CS(=O)(=O)[O-].[Na+]. The normalized spacial score (nSPS) is 12.5. The second-order valence-corrected chi connectivity index (χ2v) is 6.86. The van der Waals surface area contributed by atoms with Gasteiger partial charge in [0.25, 0.3) is 0 Å². The maximum atomic E-state index is 10.6. The van der Waals surface area contributed by atoms with Crippen LogP contribution in [-0.2, 0) is 14.9 Å². The predicted molar refractivity (Wildman–Crippen MR) is 82.9 cm³/mol. The molecule has 0 aromatic rings. The fourth-order valence-corrected chi connectivity index (χ4v) is 2.73. The number of allylic oxidation sites excluding steroid dienone is 1. The summed E-state index contributed by atoms with van der Waals surface area (Å²) >= 11 is 0. The first-order chi connectivity index (χ1) is 9.89. The second kappa shape index (κ2) is 15.0. The molecule has 0 saturated heterocycles. The van der Waals surface area contributed by atoms with Crippen LogP contribution >= 0.6 is 0 Å². The molecule has 0 heterocycles. The third kappa shape index (κ3) is 16.8. The molecule has 0 aliphatic rings. The molecule has 0 saturated carbocycles. The summed E-state index contributed by atoms with van der Waals surface area (Å²) in [6.07, 6.45) is 9.17. The van der Waals surface area contributed by atoms with Crippen molar-refractivity contribution in [2.75, 3.05) is 12.4 Å². The Balaban J connectivity index is 0. The van der Waals surface area contributed by atoms with Crippen molar-refractivity contribution in [3.05, 3.63) is 12.3 Å². The maximum absolute atomic E-state index is 10.6. The number of rotatable bonds is 14. The van der Waals surface area contributed by atoms with Crippen molar-refractivity contribution >= 4 is 10.1 Å². The molecule has 0 fully saturated rings. The molecule has 0 aliphatic heterocycles. The van der Waals surface area contributed by atoms with Gasteiger partial charge in [-0.05, 0) is 6.42 Å². The van der Waals surface area contributed by atoms with Crippen LogP contribution in [0.3, 0.4) is 0 Å². The third-order valence-electron chi connectivity index (χ3n) is 3.24. The summed E-state index contributed by atoms with van der Waals surface area (Å²) in [4.78, 5) is 0. The largest absolute Gasteiger partial charge is 1.00 e. The number of aliphatic hydroxyl groups is 1. The van der Waals surface area contributed by atoms with Gasteiger partial charge in [0.1, 0.15) is 6.10 Å². The molecule has 1 unspecified atom stereocenters. The van der Waals surface area contributed by atoms with Gasteiger partial charge >= 0.3 is 29.6 Å². The van der Waals surface area contributed by atoms with Crippen LogP contribution in [0.15, 0.2) is 12.3 Å². The summed E-state index contributed by atoms with van der Waals surface area (Å²) in [6, 6.07) is 0. The molecule has 0 spiro atoms. The van der Waals surface area contributed by atoms with Crippen molar-refractivity contribution < 1.29 is 52.4 Å². The molecule has 0 aromatic carbocycles. The second-order valence-electron chi connectivity index (χ2n) is 5.41. The smallest absolute Gasteiger partial charge is 0.748 e. The molecule has 126 valence electrons. The Morgan fingerprint density at radius 2 is 1.64 bits per heavy atom. The van der Waals surface area contributed by atoms with Crippen LogP contribution in [0, 0.1) is 0 Å². The van der Waals surface area contributed by atoms with Crippen LogP contribution in [0.25, 0.3) is 0 Å². The van der Waals surface area contributed by atoms with Crippen LogP contribution in [0.5, 0.6) is 0 Å². The summed E-state index contributed by atoms with van der Waals surface area (Å²) in [5, 5.41) is 8.98. The molecule has 22 heavy (non-hydrogen) atoms. The van der Waals surface area contributed by atoms with Crippen LogP contribution in [0.1, 0.15) is 64.7 Å². The van der Waals surface area contributed by atoms with Gasteiger partial charge in [-0.3, -0.25) is 0 Å². The third-order valence-corrected chi connectivity index (χ3v) is 4.02. The van der Waals surface area contributed by atoms with Crippen molar-refractivity contribution in [2.24, 2.45) is 0 Å². The Kier molecular flexibility index (Phi) is 16.8. The molecular formula is C15H29NaO5S. The monoisotopic (exact) mass is 344 g/mol. The number of unbranched alkanes of at least 4 members (excludes halogenated alkanes) is 7. The first-order valence-corrected chi connectivity index (χ1v) is 9.35. The minimum absolute atomic E-state index is 0. The standard InChI is InChI=1S/C15H30O5S.Na/c1-3-4-5-6-7-8-9-10-11-14(2)20-15(12-16)13-21(17,18)19;/h15-16H,2-13H2,1H3,(H,17,18,19);/q;+1/p-1. The molecule has 1 atom stereocenters. The molecule has 0 amide bonds. The minimum Gasteiger partial charge on any atom is -0.748 e. The van der Waals surface area contributed by atoms with E-state index in [1.165, 1.54) is 38.5 Å². The fraction of sp³-hybridized carbons (Fsp3) is 0.867. The van der Waals surface area contributed by atoms with Crippen molar-refractivity contribution in [3.63, 3.8) is 0 Å². The van der Waals surface area contributed by atoms with Gasteiger partial charge in [-0.15, -0.1) is 0 Å². The van der Waals surface area contributed by atoms with Gasteiger partial charge in [-0.25, -0.2) is 8.42 Å². The zero-order valence-electron chi connectivity index (χ0n) is 14.1. The van der Waals surface area contributed by atoms with Gasteiger partial charge < -0.3 is 14.4 Å². The van der Waals surface area contributed by atoms with Crippen LogP contribution in [0.4, 0.5) is 0 Å². The van der Waals surface area contributed by atoms with Gasteiger partial charge in [0.2, 0.25) is 0 Å². The van der Waals surface area contributed by atoms with E-state index in [-0.39, 0.29) is 29.6 Å². The van der Waals surface area contributed by atoms with E-state index in [1.54, 1.807) is 0 Å². The number of hydrogen-bond donors (Lipinski definition) is 1. The van der Waals surface area contributed by atoms with E-state index >= 15 is 0 Å². The van der Waals surface area contributed by atoms with Gasteiger partial charge in [-0.2, -0.15) is 0 Å². The molecule has 0 radical (unpaired) electrons. The summed E-state index contributed by atoms with van der Waals surface area (Å²) in [7, 11) is -4.40. The average Bonchev–Trinajstić information content (AvgIpc) is 2.39. The minimum atomic E-state index is -4.40. The quantitative estimate of drug-likeness (QED) is 0.207. The number of hydrogen-bond acceptors (Lipinski definition) is 5. The van der Waals surface area contributed by atoms with Crippen molar-refractivity contribution in [1.29, 1.82) is 0 Å². The van der Waals surface area contributed by atoms with Gasteiger partial charge in [0.05, 0.1) is 28.2 Å². The predicted octanol–water partition coefficient (Wildman–Crippen LogP) is -0.0424. The summed E-state index contributed by atoms with van der Waals surface area (Å²) in [5.74, 6) is -0.288. The van der Waals surface area contributed by atoms with Crippen molar-refractivity contribution in [1.82, 2.24) is 0 Å². The Bertz CT molecular complexity index is 370. The average molecular weight is 344 g/mol. The van der Waals surface area contributed by atoms with Gasteiger partial charge in [0, 0.05) is 6.42 Å². The topological polar surface area (TPSA) is 86.7 Å². The molecule has 0 bridgehead atoms. The van der Waals surface area contributed by atoms with E-state index in [0.717, 1.165) is 12.8 Å². The molecular weight excluding hydrogens is 315 g/mol. The van der Waals surface area contributed by atoms with Crippen LogP contribution in [-0.4, -0.2) is 36.5 Å². The molecule has 0 aromatic heterocycles. The van der Waals surface area contributed by atoms with Gasteiger partial charge in [-0.1, -0.05) is 58.4 Å². The zero-order chi connectivity index (χ0) is 16.1. The molecule has 7 heteroatoms. The first kappa shape index (κ1) is 24.7. The molecule has 0 rings (SSSR count). The van der Waals surface area contributed by atoms with E-state index in [0.29, 0.717) is 12.2 Å². The zero-order valence-corrected chi connectivity index (χ0v) is 16.9. The van der Waals surface area contributed by atoms with Crippen LogP contribution in [0.2, 0.25) is 0 Å².